The summed E-state index contributed by atoms with van der Waals surface area (Å²) in [6.07, 6.45) is 5.92. The molecule has 1 aromatic carbocycles. The monoisotopic (exact) mass is 412 g/mol. The maximum absolute atomic E-state index is 12.4. The average Bonchev–Trinajstić information content (AvgIpc) is 3.05. The molecular weight excluding hydrogens is 388 g/mol. The third-order valence-corrected chi connectivity index (χ3v) is 6.01. The van der Waals surface area contributed by atoms with Gasteiger partial charge in [0.05, 0.1) is 11.8 Å². The fourth-order valence-electron chi connectivity index (χ4n) is 3.48. The fraction of sp³-hybridized carbons (Fsp3) is 0.429. The summed E-state index contributed by atoms with van der Waals surface area (Å²) in [6, 6.07) is 7.98. The van der Waals surface area contributed by atoms with E-state index in [0.717, 1.165) is 35.1 Å². The number of imide groups is 1. The Hall–Kier alpha value is -2.79. The van der Waals surface area contributed by atoms with Gasteiger partial charge in [-0.15, -0.1) is 0 Å². The smallest absolute Gasteiger partial charge is 0.288 e. The predicted octanol–water partition coefficient (Wildman–Crippen LogP) is 2.44. The summed E-state index contributed by atoms with van der Waals surface area (Å²) in [5.41, 5.74) is 3.70. The second-order valence-corrected chi connectivity index (χ2v) is 8.08. The van der Waals surface area contributed by atoms with Gasteiger partial charge in [0.1, 0.15) is 11.6 Å². The van der Waals surface area contributed by atoms with Crippen molar-refractivity contribution in [2.24, 2.45) is 0 Å². The quantitative estimate of drug-likeness (QED) is 0.405. The molecule has 0 radical (unpaired) electrons. The summed E-state index contributed by atoms with van der Waals surface area (Å²) in [6.45, 7) is 2.37. The number of hydrogen-bond donors (Lipinski definition) is 2. The van der Waals surface area contributed by atoms with E-state index >= 15 is 0 Å². The van der Waals surface area contributed by atoms with Gasteiger partial charge in [-0.2, -0.15) is 5.26 Å². The summed E-state index contributed by atoms with van der Waals surface area (Å²) in [5.74, 6) is -0.516. The second kappa shape index (κ2) is 9.61. The van der Waals surface area contributed by atoms with Crippen molar-refractivity contribution in [3.63, 3.8) is 0 Å². The van der Waals surface area contributed by atoms with E-state index in [9.17, 15) is 19.6 Å². The van der Waals surface area contributed by atoms with Crippen molar-refractivity contribution in [1.82, 2.24) is 15.5 Å². The molecule has 1 atom stereocenters. The van der Waals surface area contributed by atoms with E-state index in [0.29, 0.717) is 0 Å². The van der Waals surface area contributed by atoms with E-state index in [-0.39, 0.29) is 41.6 Å². The Labute approximate surface area is 174 Å². The number of hydrogen-bond acceptors (Lipinski definition) is 6. The molecule has 1 fully saturated rings. The van der Waals surface area contributed by atoms with Gasteiger partial charge in [-0.05, 0) is 49.3 Å². The van der Waals surface area contributed by atoms with Crippen LogP contribution in [0, 0.1) is 11.3 Å². The molecule has 3 amide bonds. The Balaban J connectivity index is 1.53. The Morgan fingerprint density at radius 2 is 2.07 bits per heavy atom. The first-order valence-corrected chi connectivity index (χ1v) is 10.7. The van der Waals surface area contributed by atoms with Gasteiger partial charge in [-0.1, -0.05) is 30.0 Å². The Morgan fingerprint density at radius 3 is 2.76 bits per heavy atom. The molecule has 1 aliphatic heterocycles. The number of amides is 3. The third kappa shape index (κ3) is 5.18. The number of nitrogens with zero attached hydrogens (tertiary/aromatic N) is 2. The number of carbonyl (C=O) groups is 3. The average molecular weight is 413 g/mol. The zero-order valence-electron chi connectivity index (χ0n) is 16.4. The molecule has 152 valence electrons. The Kier molecular flexibility index (Phi) is 6.94. The SMILES string of the molecule is CC(NC(=O)/C(C#N)=C\NCCN1C(=O)CSC1=O)c1ccc2c(c1)CCCC2. The van der Waals surface area contributed by atoms with E-state index in [1.807, 2.05) is 19.1 Å². The molecular formula is C21H24N4O3S. The lowest BCUT2D eigenvalue weighted by molar-refractivity contribution is -0.124. The highest BCUT2D eigenvalue weighted by atomic mass is 32.2. The zero-order chi connectivity index (χ0) is 20.8. The second-order valence-electron chi connectivity index (χ2n) is 7.15. The van der Waals surface area contributed by atoms with Crippen LogP contribution < -0.4 is 10.6 Å². The van der Waals surface area contributed by atoms with Crippen molar-refractivity contribution in [3.8, 4) is 6.07 Å². The molecule has 1 aromatic rings. The van der Waals surface area contributed by atoms with Crippen LogP contribution in [0.2, 0.25) is 0 Å². The van der Waals surface area contributed by atoms with Crippen molar-refractivity contribution in [2.75, 3.05) is 18.8 Å². The third-order valence-electron chi connectivity index (χ3n) is 5.15. The van der Waals surface area contributed by atoms with Crippen molar-refractivity contribution < 1.29 is 14.4 Å². The maximum atomic E-state index is 12.4. The molecule has 29 heavy (non-hydrogen) atoms. The van der Waals surface area contributed by atoms with Crippen LogP contribution in [0.3, 0.4) is 0 Å². The van der Waals surface area contributed by atoms with Gasteiger partial charge >= 0.3 is 0 Å². The van der Waals surface area contributed by atoms with Crippen LogP contribution in [0.15, 0.2) is 30.0 Å². The van der Waals surface area contributed by atoms with E-state index in [1.165, 1.54) is 30.2 Å². The molecule has 1 aliphatic carbocycles. The number of aryl methyl sites for hydroxylation is 2. The highest BCUT2D eigenvalue weighted by molar-refractivity contribution is 8.14. The van der Waals surface area contributed by atoms with Crippen LogP contribution in [0.1, 0.15) is 42.5 Å². The van der Waals surface area contributed by atoms with E-state index in [4.69, 9.17) is 0 Å². The van der Waals surface area contributed by atoms with Crippen LogP contribution in [0.5, 0.6) is 0 Å². The standard InChI is InChI=1S/C21H24N4O3S/c1-14(16-7-6-15-4-2-3-5-17(15)10-16)24-20(27)18(11-22)12-23-8-9-25-19(26)13-29-21(25)28/h6-7,10,12,14,23H,2-5,8-9,13H2,1H3,(H,24,27)/b18-12-. The largest absolute Gasteiger partial charge is 0.388 e. The molecule has 0 saturated carbocycles. The van der Waals surface area contributed by atoms with Crippen molar-refractivity contribution >= 4 is 28.8 Å². The van der Waals surface area contributed by atoms with Crippen molar-refractivity contribution in [2.45, 2.75) is 38.6 Å². The normalized spacial score (nSPS) is 17.5. The molecule has 1 heterocycles. The number of carbonyl (C=O) groups excluding carboxylic acids is 3. The summed E-state index contributed by atoms with van der Waals surface area (Å²) in [7, 11) is 0. The Morgan fingerprint density at radius 1 is 1.31 bits per heavy atom. The lowest BCUT2D eigenvalue weighted by Crippen LogP contribution is -2.34. The van der Waals surface area contributed by atoms with Gasteiger partial charge in [0.25, 0.3) is 11.1 Å². The maximum Gasteiger partial charge on any atom is 0.288 e. The van der Waals surface area contributed by atoms with E-state index < -0.39 is 5.91 Å². The molecule has 2 aliphatic rings. The van der Waals surface area contributed by atoms with Gasteiger partial charge in [0, 0.05) is 19.3 Å². The molecule has 0 bridgehead atoms. The summed E-state index contributed by atoms with van der Waals surface area (Å²) < 4.78 is 0. The number of fused-ring (bicyclic) bond motifs is 1. The molecule has 7 nitrogen and oxygen atoms in total. The lowest BCUT2D eigenvalue weighted by Gasteiger charge is -2.20. The summed E-state index contributed by atoms with van der Waals surface area (Å²) >= 11 is 0.978. The molecule has 2 N–H and O–H groups in total. The van der Waals surface area contributed by atoms with Crippen LogP contribution in [0.4, 0.5) is 4.79 Å². The molecule has 1 saturated heterocycles. The fourth-order valence-corrected chi connectivity index (χ4v) is 4.23. The minimum absolute atomic E-state index is 0.0525. The molecule has 1 unspecified atom stereocenters. The van der Waals surface area contributed by atoms with Crippen LogP contribution >= 0.6 is 11.8 Å². The Bertz CT molecular complexity index is 874. The van der Waals surface area contributed by atoms with Gasteiger partial charge in [0.2, 0.25) is 5.91 Å². The highest BCUT2D eigenvalue weighted by Crippen LogP contribution is 2.25. The van der Waals surface area contributed by atoms with Crippen molar-refractivity contribution in [3.05, 3.63) is 46.7 Å². The van der Waals surface area contributed by atoms with E-state index in [1.54, 1.807) is 0 Å². The van der Waals surface area contributed by atoms with Gasteiger partial charge in [0.15, 0.2) is 0 Å². The first kappa shape index (κ1) is 20.9. The van der Waals surface area contributed by atoms with Crippen LogP contribution in [-0.2, 0) is 22.4 Å². The topological polar surface area (TPSA) is 102 Å². The molecule has 3 rings (SSSR count). The number of nitriles is 1. The van der Waals surface area contributed by atoms with Crippen LogP contribution in [0.25, 0.3) is 0 Å². The molecule has 0 spiro atoms. The van der Waals surface area contributed by atoms with Crippen molar-refractivity contribution in [1.29, 1.82) is 5.26 Å². The minimum atomic E-state index is -0.464. The molecule has 8 heteroatoms. The number of thioether (sulfide) groups is 1. The van der Waals surface area contributed by atoms with Gasteiger partial charge < -0.3 is 10.6 Å². The number of rotatable bonds is 7. The zero-order valence-corrected chi connectivity index (χ0v) is 17.2. The van der Waals surface area contributed by atoms with Gasteiger partial charge in [-0.3, -0.25) is 19.3 Å². The molecule has 0 aromatic heterocycles. The van der Waals surface area contributed by atoms with Crippen LogP contribution in [-0.4, -0.2) is 40.8 Å². The van der Waals surface area contributed by atoms with Gasteiger partial charge in [-0.25, -0.2) is 0 Å². The first-order chi connectivity index (χ1) is 14.0. The number of benzene rings is 1. The lowest BCUT2D eigenvalue weighted by atomic mass is 9.89. The van der Waals surface area contributed by atoms with E-state index in [2.05, 4.69) is 22.8 Å². The highest BCUT2D eigenvalue weighted by Gasteiger charge is 2.29. The summed E-state index contributed by atoms with van der Waals surface area (Å²) in [4.78, 5) is 36.7. The minimum Gasteiger partial charge on any atom is -0.388 e. The first-order valence-electron chi connectivity index (χ1n) is 9.73. The number of nitrogens with one attached hydrogen (secondary N) is 2. The summed E-state index contributed by atoms with van der Waals surface area (Å²) in [5, 5.41) is 14.7. The predicted molar refractivity (Wildman–Crippen MR) is 111 cm³/mol.